The van der Waals surface area contributed by atoms with E-state index >= 15 is 0 Å². The van der Waals surface area contributed by atoms with Gasteiger partial charge in [-0.15, -0.1) is 11.8 Å². The Labute approximate surface area is 162 Å². The van der Waals surface area contributed by atoms with Crippen molar-refractivity contribution >= 4 is 46.9 Å². The molecule has 2 aromatic rings. The van der Waals surface area contributed by atoms with Crippen LogP contribution in [0.2, 0.25) is 5.02 Å². The summed E-state index contributed by atoms with van der Waals surface area (Å²) in [5, 5.41) is 0.682. The van der Waals surface area contributed by atoms with Gasteiger partial charge in [0.2, 0.25) is 0 Å². The molecule has 0 bridgehead atoms. The molecule has 9 heteroatoms. The third-order valence-corrected chi connectivity index (χ3v) is 6.39. The van der Waals surface area contributed by atoms with Gasteiger partial charge < -0.3 is 9.79 Å². The second-order valence-electron chi connectivity index (χ2n) is 5.31. The van der Waals surface area contributed by atoms with E-state index in [-0.39, 0.29) is 4.47 Å². The molecule has 0 heterocycles. The number of hydrogen-bond donors (Lipinski definition) is 2. The lowest BCUT2D eigenvalue weighted by Gasteiger charge is -2.19. The molecule has 0 saturated heterocycles. The molecule has 0 aliphatic rings. The zero-order chi connectivity index (χ0) is 18.7. The molecule has 0 amide bonds. The summed E-state index contributed by atoms with van der Waals surface area (Å²) in [6.07, 6.45) is 1.49. The van der Waals surface area contributed by atoms with Gasteiger partial charge in [-0.25, -0.2) is 0 Å². The molecule has 0 aromatic heterocycles. The van der Waals surface area contributed by atoms with E-state index in [4.69, 9.17) is 21.4 Å². The number of aryl methyl sites for hydroxylation is 1. The molecule has 2 N–H and O–H groups in total. The number of thioether (sulfide) groups is 1. The molecule has 0 saturated carbocycles. The highest BCUT2D eigenvalue weighted by Crippen LogP contribution is 2.60. The van der Waals surface area contributed by atoms with E-state index in [0.717, 1.165) is 28.7 Å². The Hall–Kier alpha value is -0.430. The van der Waals surface area contributed by atoms with Crippen molar-refractivity contribution < 1.29 is 23.1 Å². The summed E-state index contributed by atoms with van der Waals surface area (Å²) in [5.41, 5.74) is -4.11. The molecule has 2 rings (SSSR count). The SMILES string of the molecule is O=P(O)(O)C(F)(F)c1ccc(CCCSc2ccc(Cl)cc2)cc1Br. The van der Waals surface area contributed by atoms with Crippen molar-refractivity contribution in [1.29, 1.82) is 0 Å². The number of halogens is 4. The molecule has 2 aromatic carbocycles. The van der Waals surface area contributed by atoms with Crippen molar-refractivity contribution in [3.05, 3.63) is 63.1 Å². The average molecular weight is 472 g/mol. The Morgan fingerprint density at radius 2 is 1.80 bits per heavy atom. The van der Waals surface area contributed by atoms with Crippen LogP contribution in [0.3, 0.4) is 0 Å². The van der Waals surface area contributed by atoms with Crippen molar-refractivity contribution in [3.63, 3.8) is 0 Å². The van der Waals surface area contributed by atoms with Crippen LogP contribution in [0, 0.1) is 0 Å². The van der Waals surface area contributed by atoms with Gasteiger partial charge in [-0.3, -0.25) is 4.57 Å². The van der Waals surface area contributed by atoms with Crippen molar-refractivity contribution in [3.8, 4) is 0 Å². The monoisotopic (exact) mass is 470 g/mol. The van der Waals surface area contributed by atoms with Crippen molar-refractivity contribution in [2.45, 2.75) is 23.4 Å². The lowest BCUT2D eigenvalue weighted by molar-refractivity contribution is 0.0557. The maximum absolute atomic E-state index is 13.8. The summed E-state index contributed by atoms with van der Waals surface area (Å²) in [5.74, 6) is 0.847. The smallest absolute Gasteiger partial charge is 0.320 e. The predicted molar refractivity (Wildman–Crippen MR) is 101 cm³/mol. The van der Waals surface area contributed by atoms with Crippen LogP contribution in [-0.4, -0.2) is 15.5 Å². The van der Waals surface area contributed by atoms with Crippen LogP contribution >= 0.6 is 46.9 Å². The largest absolute Gasteiger partial charge is 0.399 e. The van der Waals surface area contributed by atoms with Crippen LogP contribution in [0.1, 0.15) is 17.5 Å². The van der Waals surface area contributed by atoms with E-state index in [0.29, 0.717) is 11.4 Å². The Kier molecular flexibility index (Phi) is 7.10. The van der Waals surface area contributed by atoms with Gasteiger partial charge in [0.1, 0.15) is 0 Å². The first kappa shape index (κ1) is 20.9. The number of alkyl halides is 2. The minimum atomic E-state index is -5.57. The van der Waals surface area contributed by atoms with Crippen molar-refractivity contribution in [2.24, 2.45) is 0 Å². The third-order valence-electron chi connectivity index (χ3n) is 3.42. The summed E-state index contributed by atoms with van der Waals surface area (Å²) < 4.78 is 38.5. The lowest BCUT2D eigenvalue weighted by Crippen LogP contribution is -2.14. The molecule has 0 radical (unpaired) electrons. The second-order valence-corrected chi connectivity index (χ2v) is 9.41. The first-order valence-corrected chi connectivity index (χ1v) is 11.0. The Balaban J connectivity index is 1.94. The number of hydrogen-bond acceptors (Lipinski definition) is 2. The molecule has 0 unspecified atom stereocenters. The fraction of sp³-hybridized carbons (Fsp3) is 0.250. The van der Waals surface area contributed by atoms with Gasteiger partial charge in [-0.05, 0) is 54.5 Å². The Morgan fingerprint density at radius 1 is 1.16 bits per heavy atom. The van der Waals surface area contributed by atoms with Gasteiger partial charge >= 0.3 is 13.3 Å². The van der Waals surface area contributed by atoms with Crippen LogP contribution in [-0.2, 0) is 16.6 Å². The van der Waals surface area contributed by atoms with Crippen LogP contribution in [0.4, 0.5) is 8.78 Å². The zero-order valence-corrected chi connectivity index (χ0v) is 16.9. The van der Waals surface area contributed by atoms with Crippen LogP contribution in [0.25, 0.3) is 0 Å². The van der Waals surface area contributed by atoms with Gasteiger partial charge in [-0.2, -0.15) is 8.78 Å². The van der Waals surface area contributed by atoms with Gasteiger partial charge in [0.05, 0.1) is 0 Å². The highest BCUT2D eigenvalue weighted by atomic mass is 79.9. The van der Waals surface area contributed by atoms with E-state index in [1.54, 1.807) is 11.8 Å². The average Bonchev–Trinajstić information content (AvgIpc) is 2.52. The topological polar surface area (TPSA) is 57.5 Å². The molecule has 0 aliphatic carbocycles. The van der Waals surface area contributed by atoms with Gasteiger partial charge in [0, 0.05) is 20.0 Å². The predicted octanol–water partition coefficient (Wildman–Crippen LogP) is 6.05. The molecule has 136 valence electrons. The first-order chi connectivity index (χ1) is 11.6. The summed E-state index contributed by atoms with van der Waals surface area (Å²) in [6.45, 7) is 0. The summed E-state index contributed by atoms with van der Waals surface area (Å²) >= 11 is 10.5. The molecule has 3 nitrogen and oxygen atoms in total. The van der Waals surface area contributed by atoms with E-state index in [1.807, 2.05) is 24.3 Å². The summed E-state index contributed by atoms with van der Waals surface area (Å²) in [6, 6.07) is 11.5. The normalized spacial score (nSPS) is 12.4. The van der Waals surface area contributed by atoms with Gasteiger partial charge in [-0.1, -0.05) is 39.7 Å². The van der Waals surface area contributed by atoms with Crippen LogP contribution in [0.15, 0.2) is 51.8 Å². The fourth-order valence-electron chi connectivity index (χ4n) is 2.11. The highest BCUT2D eigenvalue weighted by Gasteiger charge is 2.51. The van der Waals surface area contributed by atoms with Crippen molar-refractivity contribution in [2.75, 3.05) is 5.75 Å². The molecule has 0 aliphatic heterocycles. The second kappa shape index (κ2) is 8.51. The maximum Gasteiger partial charge on any atom is 0.399 e. The Morgan fingerprint density at radius 3 is 2.36 bits per heavy atom. The molecular weight excluding hydrogens is 457 g/mol. The van der Waals surface area contributed by atoms with E-state index in [2.05, 4.69) is 15.9 Å². The van der Waals surface area contributed by atoms with Crippen LogP contribution in [0.5, 0.6) is 0 Å². The molecule has 0 spiro atoms. The molecule has 25 heavy (non-hydrogen) atoms. The molecular formula is C16H15BrClF2O3PS. The van der Waals surface area contributed by atoms with Gasteiger partial charge in [0.15, 0.2) is 0 Å². The van der Waals surface area contributed by atoms with E-state index < -0.39 is 18.8 Å². The van der Waals surface area contributed by atoms with E-state index in [1.165, 1.54) is 12.1 Å². The molecule has 0 fully saturated rings. The van der Waals surface area contributed by atoms with Gasteiger partial charge in [0.25, 0.3) is 0 Å². The highest BCUT2D eigenvalue weighted by molar-refractivity contribution is 9.10. The van der Waals surface area contributed by atoms with E-state index in [9.17, 15) is 13.3 Å². The quantitative estimate of drug-likeness (QED) is 0.293. The first-order valence-electron chi connectivity index (χ1n) is 7.22. The maximum atomic E-state index is 13.8. The standard InChI is InChI=1S/C16H15BrClF2O3PS/c17-15-10-11(3-8-14(15)16(19,20)24(21,22)23)2-1-9-25-13-6-4-12(18)5-7-13/h3-8,10H,1-2,9H2,(H2,21,22,23). The lowest BCUT2D eigenvalue weighted by atomic mass is 10.1. The minimum absolute atomic E-state index is 0.0105. The number of rotatable bonds is 7. The van der Waals surface area contributed by atoms with Crippen molar-refractivity contribution in [1.82, 2.24) is 0 Å². The van der Waals surface area contributed by atoms with Crippen LogP contribution < -0.4 is 0 Å². The zero-order valence-electron chi connectivity index (χ0n) is 12.8. The number of benzene rings is 2. The summed E-state index contributed by atoms with van der Waals surface area (Å²) in [7, 11) is -5.57. The fourth-order valence-corrected chi connectivity index (χ4v) is 4.43. The summed E-state index contributed by atoms with van der Waals surface area (Å²) in [4.78, 5) is 18.7. The Bertz CT molecular complexity index is 783. The molecule has 0 atom stereocenters. The third kappa shape index (κ3) is 5.52. The minimum Gasteiger partial charge on any atom is -0.320 e.